The number of hydrogen-bond donors (Lipinski definition) is 1. The molecule has 0 saturated carbocycles. The summed E-state index contributed by atoms with van der Waals surface area (Å²) in [6, 6.07) is 16.5. The van der Waals surface area contributed by atoms with Crippen molar-refractivity contribution in [1.82, 2.24) is 0 Å². The number of piperidine rings is 1. The van der Waals surface area contributed by atoms with Gasteiger partial charge in [-0.1, -0.05) is 25.1 Å². The molecule has 0 radical (unpaired) electrons. The van der Waals surface area contributed by atoms with Gasteiger partial charge in [0.05, 0.1) is 0 Å². The van der Waals surface area contributed by atoms with Crippen LogP contribution >= 0.6 is 0 Å². The van der Waals surface area contributed by atoms with Crippen LogP contribution in [0.25, 0.3) is 0 Å². The fourth-order valence-electron chi connectivity index (χ4n) is 4.08. The molecule has 2 amide bonds. The number of rotatable bonds is 2. The van der Waals surface area contributed by atoms with Gasteiger partial charge < -0.3 is 10.2 Å². The molecule has 136 valence electrons. The van der Waals surface area contributed by atoms with Crippen molar-refractivity contribution in [2.75, 3.05) is 28.2 Å². The Morgan fingerprint density at radius 2 is 1.69 bits per heavy atom. The third-order valence-corrected chi connectivity index (χ3v) is 5.69. The van der Waals surface area contributed by atoms with Gasteiger partial charge in [-0.25, -0.2) is 4.79 Å². The third-order valence-electron chi connectivity index (χ3n) is 5.69. The van der Waals surface area contributed by atoms with Crippen LogP contribution in [0.2, 0.25) is 0 Å². The molecule has 2 heterocycles. The van der Waals surface area contributed by atoms with Crippen molar-refractivity contribution in [1.29, 1.82) is 0 Å². The molecule has 1 unspecified atom stereocenters. The van der Waals surface area contributed by atoms with Crippen molar-refractivity contribution < 1.29 is 4.79 Å². The van der Waals surface area contributed by atoms with Crippen molar-refractivity contribution in [3.8, 4) is 0 Å². The fourth-order valence-corrected chi connectivity index (χ4v) is 4.08. The first-order valence-electron chi connectivity index (χ1n) is 9.65. The van der Waals surface area contributed by atoms with Crippen LogP contribution in [0.1, 0.15) is 32.3 Å². The van der Waals surface area contributed by atoms with Crippen LogP contribution in [0.4, 0.5) is 21.9 Å². The molecular weight excluding hydrogens is 322 g/mol. The van der Waals surface area contributed by atoms with Crippen LogP contribution < -0.4 is 15.1 Å². The second-order valence-electron chi connectivity index (χ2n) is 7.70. The Kier molecular flexibility index (Phi) is 4.58. The number of amides is 2. The van der Waals surface area contributed by atoms with Gasteiger partial charge in [0, 0.05) is 36.2 Å². The van der Waals surface area contributed by atoms with E-state index in [1.165, 1.54) is 24.1 Å². The first kappa shape index (κ1) is 17.0. The lowest BCUT2D eigenvalue weighted by molar-refractivity contribution is 0.256. The Bertz CT molecular complexity index is 778. The smallest absolute Gasteiger partial charge is 0.326 e. The van der Waals surface area contributed by atoms with Crippen molar-refractivity contribution in [2.45, 2.75) is 39.2 Å². The summed E-state index contributed by atoms with van der Waals surface area (Å²) in [5, 5.41) is 3.06. The zero-order chi connectivity index (χ0) is 18.1. The molecule has 0 spiro atoms. The van der Waals surface area contributed by atoms with Gasteiger partial charge in [0.25, 0.3) is 0 Å². The molecule has 2 aliphatic heterocycles. The summed E-state index contributed by atoms with van der Waals surface area (Å²) in [6.45, 7) is 6.66. The Morgan fingerprint density at radius 1 is 1.00 bits per heavy atom. The van der Waals surface area contributed by atoms with E-state index in [1.807, 2.05) is 35.2 Å². The monoisotopic (exact) mass is 349 g/mol. The summed E-state index contributed by atoms with van der Waals surface area (Å²) in [7, 11) is 0. The van der Waals surface area contributed by atoms with E-state index in [4.69, 9.17) is 0 Å². The highest BCUT2D eigenvalue weighted by molar-refractivity contribution is 6.03. The predicted octanol–water partition coefficient (Wildman–Crippen LogP) is 4.91. The normalized spacial score (nSPS) is 20.2. The van der Waals surface area contributed by atoms with Gasteiger partial charge in [0.1, 0.15) is 0 Å². The molecule has 1 fully saturated rings. The summed E-state index contributed by atoms with van der Waals surface area (Å²) in [5.74, 6) is 0.829. The highest BCUT2D eigenvalue weighted by Gasteiger charge is 2.30. The SMILES string of the molecule is CC1CCN(c2ccc(NC(=O)N3c4ccccc4CC3C)cc2)CC1. The van der Waals surface area contributed by atoms with Crippen molar-refractivity contribution in [3.05, 3.63) is 54.1 Å². The summed E-state index contributed by atoms with van der Waals surface area (Å²) in [4.78, 5) is 17.1. The van der Waals surface area contributed by atoms with Gasteiger partial charge in [-0.15, -0.1) is 0 Å². The number of carbonyl (C=O) groups is 1. The van der Waals surface area contributed by atoms with Crippen LogP contribution in [-0.4, -0.2) is 25.2 Å². The van der Waals surface area contributed by atoms with Crippen LogP contribution in [0.5, 0.6) is 0 Å². The Labute approximate surface area is 155 Å². The molecule has 2 aromatic carbocycles. The number of anilines is 3. The zero-order valence-electron chi connectivity index (χ0n) is 15.6. The molecule has 4 nitrogen and oxygen atoms in total. The standard InChI is InChI=1S/C22H27N3O/c1-16-11-13-24(14-12-16)20-9-7-19(8-10-20)23-22(26)25-17(2)15-18-5-3-4-6-21(18)25/h3-10,16-17H,11-15H2,1-2H3,(H,23,26). The minimum absolute atomic E-state index is 0.0537. The van der Waals surface area contributed by atoms with E-state index in [9.17, 15) is 4.79 Å². The highest BCUT2D eigenvalue weighted by Crippen LogP contribution is 2.32. The average molecular weight is 349 g/mol. The van der Waals surface area contributed by atoms with E-state index in [-0.39, 0.29) is 12.1 Å². The van der Waals surface area contributed by atoms with Gasteiger partial charge in [-0.3, -0.25) is 4.90 Å². The number of benzene rings is 2. The van der Waals surface area contributed by atoms with E-state index in [0.717, 1.165) is 36.8 Å². The molecule has 0 aliphatic carbocycles. The lowest BCUT2D eigenvalue weighted by Gasteiger charge is -2.32. The number of hydrogen-bond acceptors (Lipinski definition) is 2. The summed E-state index contributed by atoms with van der Waals surface area (Å²) >= 11 is 0. The minimum Gasteiger partial charge on any atom is -0.372 e. The summed E-state index contributed by atoms with van der Waals surface area (Å²) < 4.78 is 0. The van der Waals surface area contributed by atoms with Crippen LogP contribution in [-0.2, 0) is 6.42 Å². The van der Waals surface area contributed by atoms with E-state index in [0.29, 0.717) is 0 Å². The van der Waals surface area contributed by atoms with Crippen LogP contribution in [0.15, 0.2) is 48.5 Å². The van der Waals surface area contributed by atoms with E-state index < -0.39 is 0 Å². The van der Waals surface area contributed by atoms with Gasteiger partial charge in [0.15, 0.2) is 0 Å². The molecule has 1 N–H and O–H groups in total. The topological polar surface area (TPSA) is 35.6 Å². The van der Waals surface area contributed by atoms with Crippen LogP contribution in [0, 0.1) is 5.92 Å². The van der Waals surface area contributed by atoms with Crippen LogP contribution in [0.3, 0.4) is 0 Å². The number of nitrogens with one attached hydrogen (secondary N) is 1. The third kappa shape index (κ3) is 3.28. The van der Waals surface area contributed by atoms with Crippen molar-refractivity contribution in [2.24, 2.45) is 5.92 Å². The lowest BCUT2D eigenvalue weighted by Crippen LogP contribution is -2.39. The molecule has 1 saturated heterocycles. The quantitative estimate of drug-likeness (QED) is 0.836. The maximum absolute atomic E-state index is 12.8. The molecule has 0 aromatic heterocycles. The molecule has 0 bridgehead atoms. The van der Waals surface area contributed by atoms with Gasteiger partial charge in [0.2, 0.25) is 0 Å². The Balaban J connectivity index is 1.44. The molecule has 2 aliphatic rings. The Morgan fingerprint density at radius 3 is 2.42 bits per heavy atom. The molecular formula is C22H27N3O. The van der Waals surface area contributed by atoms with E-state index in [2.05, 4.69) is 42.3 Å². The van der Waals surface area contributed by atoms with Gasteiger partial charge >= 0.3 is 6.03 Å². The maximum atomic E-state index is 12.8. The molecule has 4 heteroatoms. The fraction of sp³-hybridized carbons (Fsp3) is 0.409. The second kappa shape index (κ2) is 7.02. The highest BCUT2D eigenvalue weighted by atomic mass is 16.2. The maximum Gasteiger partial charge on any atom is 0.326 e. The number of carbonyl (C=O) groups excluding carboxylic acids is 1. The minimum atomic E-state index is -0.0537. The first-order chi connectivity index (χ1) is 12.6. The molecule has 4 rings (SSSR count). The van der Waals surface area contributed by atoms with Crippen molar-refractivity contribution in [3.63, 3.8) is 0 Å². The molecule has 26 heavy (non-hydrogen) atoms. The number of fused-ring (bicyclic) bond motifs is 1. The largest absolute Gasteiger partial charge is 0.372 e. The first-order valence-corrected chi connectivity index (χ1v) is 9.65. The zero-order valence-corrected chi connectivity index (χ0v) is 15.6. The van der Waals surface area contributed by atoms with E-state index in [1.54, 1.807) is 0 Å². The van der Waals surface area contributed by atoms with Crippen molar-refractivity contribution >= 4 is 23.1 Å². The molecule has 1 atom stereocenters. The summed E-state index contributed by atoms with van der Waals surface area (Å²) in [6.07, 6.45) is 3.42. The average Bonchev–Trinajstić information content (AvgIpc) is 2.99. The number of nitrogens with zero attached hydrogens (tertiary/aromatic N) is 2. The van der Waals surface area contributed by atoms with E-state index >= 15 is 0 Å². The second-order valence-corrected chi connectivity index (χ2v) is 7.70. The number of para-hydroxylation sites is 1. The van der Waals surface area contributed by atoms with Gasteiger partial charge in [-0.05, 0) is 68.0 Å². The predicted molar refractivity (Wildman–Crippen MR) is 108 cm³/mol. The Hall–Kier alpha value is -2.49. The molecule has 2 aromatic rings. The lowest BCUT2D eigenvalue weighted by atomic mass is 9.99. The number of urea groups is 1. The van der Waals surface area contributed by atoms with Gasteiger partial charge in [-0.2, -0.15) is 0 Å². The summed E-state index contributed by atoms with van der Waals surface area (Å²) in [5.41, 5.74) is 4.36.